The number of piperidine rings is 1. The quantitative estimate of drug-likeness (QED) is 0.450. The Labute approximate surface area is 192 Å². The van der Waals surface area contributed by atoms with E-state index in [-0.39, 0.29) is 16.7 Å². The second-order valence-electron chi connectivity index (χ2n) is 9.33. The zero-order valence-corrected chi connectivity index (χ0v) is 19.2. The first kappa shape index (κ1) is 22.7. The Morgan fingerprint density at radius 1 is 1.30 bits per heavy atom. The van der Waals surface area contributed by atoms with Gasteiger partial charge in [-0.05, 0) is 63.9 Å². The van der Waals surface area contributed by atoms with Gasteiger partial charge in [0.1, 0.15) is 5.60 Å². The van der Waals surface area contributed by atoms with Gasteiger partial charge in [0.25, 0.3) is 5.69 Å². The van der Waals surface area contributed by atoms with E-state index in [1.165, 1.54) is 10.7 Å². The molecule has 1 N–H and O–H groups in total. The SMILES string of the molecule is CC(C)(C)OC(=O)n1ncc2cc(N(Cc3cccc([N+](=O)[O-])c3)C3CCCNC3)ccc21. The molecule has 1 aliphatic heterocycles. The summed E-state index contributed by atoms with van der Waals surface area (Å²) in [7, 11) is 0. The summed E-state index contributed by atoms with van der Waals surface area (Å²) in [6.07, 6.45) is 3.23. The summed E-state index contributed by atoms with van der Waals surface area (Å²) in [4.78, 5) is 25.7. The lowest BCUT2D eigenvalue weighted by Gasteiger charge is -2.36. The van der Waals surface area contributed by atoms with Crippen molar-refractivity contribution in [2.24, 2.45) is 0 Å². The molecule has 9 heteroatoms. The van der Waals surface area contributed by atoms with Gasteiger partial charge >= 0.3 is 6.09 Å². The second-order valence-corrected chi connectivity index (χ2v) is 9.33. The lowest BCUT2D eigenvalue weighted by Crippen LogP contribution is -2.45. The number of carbonyl (C=O) groups excluding carboxylic acids is 1. The van der Waals surface area contributed by atoms with Crippen LogP contribution in [0.2, 0.25) is 0 Å². The molecule has 174 valence electrons. The highest BCUT2D eigenvalue weighted by Gasteiger charge is 2.24. The molecule has 2 heterocycles. The highest BCUT2D eigenvalue weighted by Crippen LogP contribution is 2.28. The molecule has 9 nitrogen and oxygen atoms in total. The van der Waals surface area contributed by atoms with E-state index in [4.69, 9.17) is 4.74 Å². The molecule has 33 heavy (non-hydrogen) atoms. The lowest BCUT2D eigenvalue weighted by molar-refractivity contribution is -0.384. The number of nitro groups is 1. The molecule has 1 unspecified atom stereocenters. The van der Waals surface area contributed by atoms with Gasteiger partial charge in [-0.2, -0.15) is 9.78 Å². The van der Waals surface area contributed by atoms with Crippen molar-refractivity contribution in [1.82, 2.24) is 15.1 Å². The number of hydrogen-bond donors (Lipinski definition) is 1. The molecule has 4 rings (SSSR count). The summed E-state index contributed by atoms with van der Waals surface area (Å²) in [6, 6.07) is 12.9. The molecule has 0 radical (unpaired) electrons. The van der Waals surface area contributed by atoms with E-state index in [1.54, 1.807) is 18.3 Å². The van der Waals surface area contributed by atoms with Crippen LogP contribution >= 0.6 is 0 Å². The predicted molar refractivity (Wildman–Crippen MR) is 127 cm³/mol. The molecule has 1 atom stereocenters. The molecule has 0 amide bonds. The van der Waals surface area contributed by atoms with Gasteiger partial charge in [-0.1, -0.05) is 12.1 Å². The van der Waals surface area contributed by atoms with E-state index in [0.717, 1.165) is 42.6 Å². The van der Waals surface area contributed by atoms with Gasteiger partial charge in [-0.25, -0.2) is 4.79 Å². The topological polar surface area (TPSA) is 103 Å². The molecule has 1 aromatic heterocycles. The highest BCUT2D eigenvalue weighted by atomic mass is 16.6. The largest absolute Gasteiger partial charge is 0.442 e. The molecule has 3 aromatic rings. The fourth-order valence-corrected chi connectivity index (χ4v) is 4.15. The van der Waals surface area contributed by atoms with Crippen LogP contribution in [0.5, 0.6) is 0 Å². The first-order valence-corrected chi connectivity index (χ1v) is 11.1. The minimum absolute atomic E-state index is 0.0864. The molecule has 0 bridgehead atoms. The maximum Gasteiger partial charge on any atom is 0.435 e. The summed E-state index contributed by atoms with van der Waals surface area (Å²) >= 11 is 0. The van der Waals surface area contributed by atoms with Gasteiger partial charge in [-0.3, -0.25) is 10.1 Å². The Hall–Kier alpha value is -3.46. The van der Waals surface area contributed by atoms with Crippen LogP contribution < -0.4 is 10.2 Å². The van der Waals surface area contributed by atoms with Crippen molar-refractivity contribution >= 4 is 28.4 Å². The molecule has 0 spiro atoms. The first-order chi connectivity index (χ1) is 15.7. The summed E-state index contributed by atoms with van der Waals surface area (Å²) in [5.41, 5.74) is 2.00. The van der Waals surface area contributed by atoms with E-state index in [0.29, 0.717) is 12.1 Å². The number of nitrogens with one attached hydrogen (secondary N) is 1. The highest BCUT2D eigenvalue weighted by molar-refractivity contribution is 5.89. The number of anilines is 1. The fourth-order valence-electron chi connectivity index (χ4n) is 4.15. The molecule has 0 aliphatic carbocycles. The zero-order valence-electron chi connectivity index (χ0n) is 19.2. The summed E-state index contributed by atoms with van der Waals surface area (Å²) in [6.45, 7) is 7.82. The van der Waals surface area contributed by atoms with E-state index < -0.39 is 11.7 Å². The number of non-ortho nitro benzene ring substituents is 1. The van der Waals surface area contributed by atoms with Crippen LogP contribution in [0.25, 0.3) is 10.9 Å². The van der Waals surface area contributed by atoms with Crippen molar-refractivity contribution in [3.8, 4) is 0 Å². The standard InChI is InChI=1S/C24H29N5O4/c1-24(2,3)33-23(30)28-22-10-9-19(13-18(22)14-26-28)27(21-8-5-11-25-15-21)16-17-6-4-7-20(12-17)29(31)32/h4,6-7,9-10,12-14,21,25H,5,8,11,15-16H2,1-3H3. The fraction of sp³-hybridized carbons (Fsp3) is 0.417. The monoisotopic (exact) mass is 451 g/mol. The van der Waals surface area contributed by atoms with Crippen molar-refractivity contribution in [1.29, 1.82) is 0 Å². The molecule has 1 fully saturated rings. The molecule has 0 saturated carbocycles. The van der Waals surface area contributed by atoms with E-state index >= 15 is 0 Å². The Kier molecular flexibility index (Phi) is 6.33. The van der Waals surface area contributed by atoms with Crippen molar-refractivity contribution in [3.05, 3.63) is 64.3 Å². The lowest BCUT2D eigenvalue weighted by atomic mass is 10.0. The van der Waals surface area contributed by atoms with Gasteiger partial charge < -0.3 is 15.0 Å². The average molecular weight is 452 g/mol. The predicted octanol–water partition coefficient (Wildman–Crippen LogP) is 4.49. The summed E-state index contributed by atoms with van der Waals surface area (Å²) in [5, 5.41) is 19.8. The van der Waals surface area contributed by atoms with E-state index in [1.807, 2.05) is 45.0 Å². The third-order valence-corrected chi connectivity index (χ3v) is 5.64. The van der Waals surface area contributed by atoms with Crippen LogP contribution in [-0.2, 0) is 11.3 Å². The number of benzene rings is 2. The van der Waals surface area contributed by atoms with E-state index in [9.17, 15) is 14.9 Å². The van der Waals surface area contributed by atoms with Gasteiger partial charge in [0.05, 0.1) is 16.6 Å². The normalized spacial score (nSPS) is 16.5. The van der Waals surface area contributed by atoms with Crippen LogP contribution in [0.4, 0.5) is 16.2 Å². The van der Waals surface area contributed by atoms with Crippen LogP contribution in [-0.4, -0.2) is 45.5 Å². The van der Waals surface area contributed by atoms with Crippen LogP contribution in [0.3, 0.4) is 0 Å². The van der Waals surface area contributed by atoms with Crippen LogP contribution in [0, 0.1) is 10.1 Å². The van der Waals surface area contributed by atoms with Crippen LogP contribution in [0.1, 0.15) is 39.2 Å². The number of carbonyl (C=O) groups is 1. The summed E-state index contributed by atoms with van der Waals surface area (Å²) in [5.74, 6) is 0. The number of nitro benzene ring substituents is 1. The van der Waals surface area contributed by atoms with Gasteiger partial charge in [0.2, 0.25) is 0 Å². The molecule has 1 saturated heterocycles. The number of rotatable bonds is 5. The van der Waals surface area contributed by atoms with Crippen molar-refractivity contribution < 1.29 is 14.5 Å². The molecular formula is C24H29N5O4. The van der Waals surface area contributed by atoms with Gasteiger partial charge in [0.15, 0.2) is 0 Å². The molecule has 2 aromatic carbocycles. The van der Waals surface area contributed by atoms with Crippen molar-refractivity contribution in [2.45, 2.75) is 51.8 Å². The number of nitrogens with zero attached hydrogens (tertiary/aromatic N) is 4. The molecule has 1 aliphatic rings. The van der Waals surface area contributed by atoms with Crippen LogP contribution in [0.15, 0.2) is 48.7 Å². The average Bonchev–Trinajstić information content (AvgIpc) is 3.20. The number of hydrogen-bond acceptors (Lipinski definition) is 7. The minimum Gasteiger partial charge on any atom is -0.442 e. The maximum atomic E-state index is 12.5. The third-order valence-electron chi connectivity index (χ3n) is 5.64. The number of ether oxygens (including phenoxy) is 1. The smallest absolute Gasteiger partial charge is 0.435 e. The second kappa shape index (κ2) is 9.19. The Morgan fingerprint density at radius 2 is 2.12 bits per heavy atom. The Balaban J connectivity index is 1.66. The van der Waals surface area contributed by atoms with Crippen molar-refractivity contribution in [2.75, 3.05) is 18.0 Å². The minimum atomic E-state index is -0.613. The zero-order chi connectivity index (χ0) is 23.6. The first-order valence-electron chi connectivity index (χ1n) is 11.1. The molecular weight excluding hydrogens is 422 g/mol. The van der Waals surface area contributed by atoms with Crippen molar-refractivity contribution in [3.63, 3.8) is 0 Å². The Bertz CT molecular complexity index is 1160. The number of fused-ring (bicyclic) bond motifs is 1. The number of aromatic nitrogens is 2. The van der Waals surface area contributed by atoms with Gasteiger partial charge in [-0.15, -0.1) is 0 Å². The maximum absolute atomic E-state index is 12.5. The van der Waals surface area contributed by atoms with Gasteiger partial charge in [0, 0.05) is 42.3 Å². The summed E-state index contributed by atoms with van der Waals surface area (Å²) < 4.78 is 6.74. The Morgan fingerprint density at radius 3 is 2.82 bits per heavy atom. The van der Waals surface area contributed by atoms with E-state index in [2.05, 4.69) is 15.3 Å². The third kappa shape index (κ3) is 5.31.